The zero-order valence-electron chi connectivity index (χ0n) is 59.7. The van der Waals surface area contributed by atoms with Gasteiger partial charge in [0.1, 0.15) is 49.9 Å². The molecule has 0 amide bonds. The van der Waals surface area contributed by atoms with Crippen molar-refractivity contribution in [2.24, 2.45) is 22.0 Å². The molecule has 0 bridgehead atoms. The van der Waals surface area contributed by atoms with E-state index in [1.54, 1.807) is 57.6 Å². The highest BCUT2D eigenvalue weighted by Gasteiger charge is 2.41. The molecule has 4 aromatic heterocycles. The van der Waals surface area contributed by atoms with Crippen LogP contribution in [0.25, 0.3) is 0 Å². The van der Waals surface area contributed by atoms with Gasteiger partial charge in [-0.1, -0.05) is 64.5 Å². The minimum Gasteiger partial charge on any atom is -0.504 e. The molecular weight excluding hydrogens is 1260 g/mol. The van der Waals surface area contributed by atoms with Crippen molar-refractivity contribution < 1.29 is 71.4 Å². The fourth-order valence-corrected chi connectivity index (χ4v) is 13.4. The number of halogens is 2. The normalized spacial score (nSPS) is 22.8. The average molecular weight is 1340 g/mol. The first kappa shape index (κ1) is 57.1. The second kappa shape index (κ2) is 26.8. The van der Waals surface area contributed by atoms with Gasteiger partial charge >= 0.3 is 0 Å². The Labute approximate surface area is 548 Å². The van der Waals surface area contributed by atoms with Gasteiger partial charge in [0.15, 0.2) is 28.8 Å². The van der Waals surface area contributed by atoms with Crippen molar-refractivity contribution in [2.75, 3.05) is 50.7 Å². The fourth-order valence-electron chi connectivity index (χ4n) is 10.4. The quantitative estimate of drug-likeness (QED) is 0.0489. The third-order valence-corrected chi connectivity index (χ3v) is 20.6. The Kier molecular flexibility index (Phi) is 16.8. The van der Waals surface area contributed by atoms with E-state index in [9.17, 15) is 55.8 Å². The van der Waals surface area contributed by atoms with Crippen LogP contribution in [0, 0.1) is 16.2 Å². The van der Waals surface area contributed by atoms with Crippen molar-refractivity contribution in [1.29, 1.82) is 0 Å². The molecule has 0 aliphatic heterocycles. The Hall–Kier alpha value is -7.78. The minimum absolute atomic E-state index is 0.0899. The van der Waals surface area contributed by atoms with E-state index in [4.69, 9.17) is 63.7 Å². The van der Waals surface area contributed by atoms with Gasteiger partial charge in [0.05, 0.1) is 70.2 Å². The number of phenols is 2. The Bertz CT molecular complexity index is 4790. The number of sulfonamides is 2. The summed E-state index contributed by atoms with van der Waals surface area (Å²) in [6, 6.07) is 10.4. The minimum atomic E-state index is -4.15. The number of carbonyl (C=O) groups is 2. The number of aromatic hydroxyl groups is 2. The van der Waals surface area contributed by atoms with Crippen molar-refractivity contribution in [3.05, 3.63) is 170 Å². The Morgan fingerprint density at radius 3 is 1.62 bits per heavy atom. The number of nitrogens with zero attached hydrogens (tertiary/aromatic N) is 2. The number of hydrogen-bond acceptors (Lipinski definition) is 21. The molecule has 488 valence electrons. The molecule has 0 saturated carbocycles. The van der Waals surface area contributed by atoms with Gasteiger partial charge in [0.2, 0.25) is 20.0 Å². The van der Waals surface area contributed by atoms with Crippen LogP contribution < -0.4 is 48.1 Å². The molecule has 4 aliphatic carbocycles. The maximum atomic E-state index is 12.6. The standard InChI is InChI=1S/C22H24ClN3O6S.C14H15ClN2O6S.C10H15NO.C10H12O2.C8H8O2/c1-22(2)9-7-14-11(8-10-32-14)21(22)25-16-15(18(28)19(16)29)24-13-6-5-12(23)20(17(13)27)33(30,31)26(3)4;1-4-23-13-9(11(19)12(13)20)16-8-6-5-7(15)14(10(8)18)24(21,22)17(2)3;2*1-10(2)5-3-8-7(9(10)11)4-6-12-8;9-7-2-1-3-8-6(7)4-5-10-8/h5-6,8,10,21,24-25,27H,7,9H2,1-4H3;5-6,16,18H,4H2,1-3H3;4,6,9H,3,5,11H2,1-2H3;4,6H,3,5H2,1-2H3;4-5H,1-3H2/i1D3;;2*1D3;. The van der Waals surface area contributed by atoms with E-state index in [0.29, 0.717) is 61.2 Å². The lowest BCUT2D eigenvalue weighted by Gasteiger charge is -2.39. The number of nitrogens with one attached hydrogen (secondary N) is 3. The molecule has 5 atom stereocenters. The van der Waals surface area contributed by atoms with Crippen molar-refractivity contribution in [3.63, 3.8) is 0 Å². The summed E-state index contributed by atoms with van der Waals surface area (Å²) in [4.78, 5) is 70.1. The molecule has 5 unspecified atom stereocenters. The van der Waals surface area contributed by atoms with Crippen LogP contribution in [0.3, 0.4) is 0 Å². The maximum Gasteiger partial charge on any atom is 0.272 e. The number of fused-ring (bicyclic) bond motifs is 4. The fraction of sp³-hybridized carbons (Fsp3) is 0.406. The second-order valence-corrected chi connectivity index (χ2v) is 28.0. The Morgan fingerprint density at radius 1 is 0.604 bits per heavy atom. The van der Waals surface area contributed by atoms with Crippen LogP contribution in [0.1, 0.15) is 160 Å². The zero-order chi connectivity index (χ0) is 74.5. The number of ether oxygens (including phenoxy) is 1. The number of furan rings is 4. The summed E-state index contributed by atoms with van der Waals surface area (Å²) in [6.45, 7) is -0.0436. The molecule has 4 aromatic carbocycles. The highest BCUT2D eigenvalue weighted by molar-refractivity contribution is 7.89. The van der Waals surface area contributed by atoms with Gasteiger partial charge in [0, 0.05) is 95.2 Å². The monoisotopic (exact) mass is 1340 g/mol. The number of nitrogens with two attached hydrogens (primary N) is 1. The third-order valence-electron chi connectivity index (χ3n) is 16.0. The third kappa shape index (κ3) is 13.9. The summed E-state index contributed by atoms with van der Waals surface area (Å²) >= 11 is 11.9. The summed E-state index contributed by atoms with van der Waals surface area (Å²) in [5.41, 5.74) is 1.05. The Balaban J connectivity index is 0.000000171. The highest BCUT2D eigenvalue weighted by atomic mass is 35.5. The van der Waals surface area contributed by atoms with Gasteiger partial charge in [-0.15, -0.1) is 0 Å². The molecule has 8 aromatic rings. The van der Waals surface area contributed by atoms with Crippen LogP contribution in [0.4, 0.5) is 28.4 Å². The summed E-state index contributed by atoms with van der Waals surface area (Å²) in [7, 11) is -3.07. The molecule has 7 N–H and O–H groups in total. The van der Waals surface area contributed by atoms with E-state index in [-0.39, 0.29) is 68.8 Å². The van der Waals surface area contributed by atoms with Crippen molar-refractivity contribution in [1.82, 2.24) is 8.61 Å². The van der Waals surface area contributed by atoms with Crippen molar-refractivity contribution in [2.45, 2.75) is 128 Å². The van der Waals surface area contributed by atoms with Crippen molar-refractivity contribution in [3.8, 4) is 17.2 Å². The van der Waals surface area contributed by atoms with Crippen LogP contribution in [0.15, 0.2) is 120 Å². The second-order valence-electron chi connectivity index (χ2n) is 23.0. The number of rotatable bonds is 12. The topological polar surface area (TPSA) is 342 Å². The summed E-state index contributed by atoms with van der Waals surface area (Å²) in [6.07, 6.45) is 11.3. The zero-order valence-corrected chi connectivity index (χ0v) is 53.9. The number of aryl methyl sites for hydroxylation is 4. The predicted octanol–water partition coefficient (Wildman–Crippen LogP) is 10.9. The molecule has 12 rings (SSSR count). The number of ketones is 2. The summed E-state index contributed by atoms with van der Waals surface area (Å²) < 4.78 is 147. The molecule has 4 heterocycles. The van der Waals surface area contributed by atoms with E-state index < -0.39 is 112 Å². The van der Waals surface area contributed by atoms with Gasteiger partial charge < -0.3 is 54.3 Å². The van der Waals surface area contributed by atoms with E-state index in [1.165, 1.54) is 71.9 Å². The van der Waals surface area contributed by atoms with Crippen LogP contribution >= 0.6 is 23.2 Å². The molecule has 23 nitrogen and oxygen atoms in total. The van der Waals surface area contributed by atoms with Crippen LogP contribution in [0.5, 0.6) is 17.2 Å². The van der Waals surface area contributed by atoms with Crippen LogP contribution in [0.2, 0.25) is 10.0 Å². The number of carbonyl (C=O) groups excluding carboxylic acids is 2. The lowest BCUT2D eigenvalue weighted by atomic mass is 9.72. The lowest BCUT2D eigenvalue weighted by Crippen LogP contribution is -2.41. The average Bonchev–Trinajstić information content (AvgIpc) is 1.13. The first-order valence-electron chi connectivity index (χ1n) is 32.9. The molecule has 91 heavy (non-hydrogen) atoms. The van der Waals surface area contributed by atoms with Crippen LogP contribution in [-0.2, 0) is 45.7 Å². The summed E-state index contributed by atoms with van der Waals surface area (Å²) in [5.74, 6) is 1.25. The molecular formula is C64H74Cl2N6O17S2. The summed E-state index contributed by atoms with van der Waals surface area (Å²) in [5, 5.41) is 28.6. The van der Waals surface area contributed by atoms with Crippen molar-refractivity contribution >= 4 is 83.3 Å². The molecule has 0 radical (unpaired) electrons. The molecule has 0 spiro atoms. The number of phenolic OH excluding ortho intramolecular Hbond substituents is 2. The Morgan fingerprint density at radius 2 is 1.08 bits per heavy atom. The lowest BCUT2D eigenvalue weighted by molar-refractivity contribution is 0.0804. The van der Waals surface area contributed by atoms with Gasteiger partial charge in [-0.2, -0.15) is 0 Å². The predicted molar refractivity (Wildman–Crippen MR) is 344 cm³/mol. The number of Topliss-reactive ketones (excluding diaryl/α,β-unsaturated/α-hetero) is 2. The van der Waals surface area contributed by atoms with E-state index in [2.05, 4.69) is 16.0 Å². The highest BCUT2D eigenvalue weighted by Crippen LogP contribution is 2.48. The van der Waals surface area contributed by atoms with Gasteiger partial charge in [-0.3, -0.25) is 28.8 Å². The van der Waals surface area contributed by atoms with E-state index in [0.717, 1.165) is 44.1 Å². The first-order valence-corrected chi connectivity index (χ1v) is 32.0. The van der Waals surface area contributed by atoms with Gasteiger partial charge in [-0.05, 0) is 92.0 Å². The maximum absolute atomic E-state index is 12.6. The number of anilines is 5. The van der Waals surface area contributed by atoms with E-state index in [1.807, 2.05) is 0 Å². The van der Waals surface area contributed by atoms with E-state index >= 15 is 0 Å². The molecule has 0 fully saturated rings. The SMILES string of the molecule is CCOc1c(Nc2ccc(Cl)c(S(=O)(=O)N(C)C)c2O)c(=O)c1=O.O=C1CCCc2occc21.[2H]C([2H])([2H])C1(C)CCc2occc2C1=O.[2H]C([2H])([2H])C1(C)CCc2occc2C1N.[2H]C([2H])([2H])C1(C)CCc2occc2C1Nc1c(Nc2ccc(Cl)c(S(=O)(=O)N(C)C)c2O)c(=O)c1=O. The van der Waals surface area contributed by atoms with Gasteiger partial charge in [-0.25, -0.2) is 25.4 Å². The molecule has 27 heteroatoms. The number of benzene rings is 2. The molecule has 0 saturated heterocycles. The number of hydrogen-bond donors (Lipinski definition) is 6. The van der Waals surface area contributed by atoms with Crippen LogP contribution in [-0.4, -0.2) is 82.0 Å². The molecule has 4 aliphatic rings. The largest absolute Gasteiger partial charge is 0.504 e. The first-order chi connectivity index (χ1) is 46.3. The van der Waals surface area contributed by atoms with Gasteiger partial charge in [0.25, 0.3) is 21.7 Å². The smallest absolute Gasteiger partial charge is 0.272 e.